The monoisotopic (exact) mass is 221 g/mol. The van der Waals surface area contributed by atoms with Gasteiger partial charge in [-0.25, -0.2) is 0 Å². The molecule has 0 bridgehead atoms. The Kier molecular flexibility index (Phi) is 3.64. The van der Waals surface area contributed by atoms with Gasteiger partial charge in [0.25, 0.3) is 0 Å². The summed E-state index contributed by atoms with van der Waals surface area (Å²) in [6, 6.07) is 0.693. The molecule has 1 fully saturated rings. The van der Waals surface area contributed by atoms with Crippen LogP contribution in [-0.4, -0.2) is 15.8 Å². The third-order valence-corrected chi connectivity index (χ3v) is 3.53. The van der Waals surface area contributed by atoms with Crippen molar-refractivity contribution in [1.29, 1.82) is 0 Å². The summed E-state index contributed by atoms with van der Waals surface area (Å²) in [6.07, 6.45) is 8.08. The predicted molar refractivity (Wildman–Crippen MR) is 66.0 cm³/mol. The molecular formula is C13H23N3. The number of nitrogens with zero attached hydrogens (tertiary/aromatic N) is 2. The summed E-state index contributed by atoms with van der Waals surface area (Å²) in [7, 11) is 1.97. The molecule has 2 unspecified atom stereocenters. The topological polar surface area (TPSA) is 29.9 Å². The molecule has 0 spiro atoms. The average molecular weight is 221 g/mol. The Morgan fingerprint density at radius 2 is 2.00 bits per heavy atom. The lowest BCUT2D eigenvalue weighted by Crippen LogP contribution is -2.35. The number of aryl methyl sites for hydroxylation is 1. The van der Waals surface area contributed by atoms with Crippen LogP contribution in [0.25, 0.3) is 0 Å². The molecule has 0 radical (unpaired) electrons. The van der Waals surface area contributed by atoms with Crippen molar-refractivity contribution in [2.24, 2.45) is 18.9 Å². The summed E-state index contributed by atoms with van der Waals surface area (Å²) in [6.45, 7) is 5.70. The Bertz CT molecular complexity index is 322. The first-order valence-corrected chi connectivity index (χ1v) is 6.34. The van der Waals surface area contributed by atoms with Crippen LogP contribution in [0.1, 0.15) is 38.7 Å². The second kappa shape index (κ2) is 5.00. The van der Waals surface area contributed by atoms with Crippen LogP contribution in [0.15, 0.2) is 12.4 Å². The van der Waals surface area contributed by atoms with Crippen LogP contribution < -0.4 is 5.32 Å². The molecule has 1 aliphatic rings. The van der Waals surface area contributed by atoms with Crippen LogP contribution in [-0.2, 0) is 13.6 Å². The molecule has 3 heteroatoms. The summed E-state index contributed by atoms with van der Waals surface area (Å²) < 4.78 is 1.86. The summed E-state index contributed by atoms with van der Waals surface area (Å²) in [5, 5.41) is 7.85. The van der Waals surface area contributed by atoms with Crippen molar-refractivity contribution in [3.05, 3.63) is 18.0 Å². The number of hydrogen-bond acceptors (Lipinski definition) is 2. The molecule has 16 heavy (non-hydrogen) atoms. The van der Waals surface area contributed by atoms with Gasteiger partial charge in [-0.15, -0.1) is 0 Å². The predicted octanol–water partition coefficient (Wildman–Crippen LogP) is 2.33. The van der Waals surface area contributed by atoms with E-state index in [9.17, 15) is 0 Å². The molecule has 1 aromatic heterocycles. The van der Waals surface area contributed by atoms with Crippen molar-refractivity contribution in [3.63, 3.8) is 0 Å². The lowest BCUT2D eigenvalue weighted by Gasteiger charge is -2.32. The maximum atomic E-state index is 4.19. The van der Waals surface area contributed by atoms with Crippen LogP contribution in [0.4, 0.5) is 0 Å². The molecule has 1 aromatic rings. The van der Waals surface area contributed by atoms with Gasteiger partial charge in [-0.2, -0.15) is 5.10 Å². The fourth-order valence-electron chi connectivity index (χ4n) is 2.94. The van der Waals surface area contributed by atoms with Crippen molar-refractivity contribution in [2.75, 3.05) is 0 Å². The molecular weight excluding hydrogens is 198 g/mol. The first-order chi connectivity index (χ1) is 7.63. The normalized spacial score (nSPS) is 30.6. The smallest absolute Gasteiger partial charge is 0.0534 e. The molecule has 90 valence electrons. The largest absolute Gasteiger partial charge is 0.310 e. The van der Waals surface area contributed by atoms with Crippen LogP contribution in [0.5, 0.6) is 0 Å². The molecule has 1 heterocycles. The minimum atomic E-state index is 0.693. The number of aromatic nitrogens is 2. The SMILES string of the molecule is CC1CC(C)CC(NCc2cnn(C)c2)C1. The average Bonchev–Trinajstić information content (AvgIpc) is 2.60. The Morgan fingerprint density at radius 3 is 2.56 bits per heavy atom. The van der Waals surface area contributed by atoms with E-state index in [1.165, 1.54) is 24.8 Å². The lowest BCUT2D eigenvalue weighted by atomic mass is 9.80. The van der Waals surface area contributed by atoms with E-state index >= 15 is 0 Å². The van der Waals surface area contributed by atoms with Gasteiger partial charge in [0.05, 0.1) is 6.20 Å². The van der Waals surface area contributed by atoms with Crippen LogP contribution in [0.3, 0.4) is 0 Å². The van der Waals surface area contributed by atoms with E-state index in [2.05, 4.69) is 30.5 Å². The van der Waals surface area contributed by atoms with Gasteiger partial charge in [-0.05, 0) is 31.1 Å². The Labute approximate surface area is 98.2 Å². The zero-order valence-electron chi connectivity index (χ0n) is 10.6. The second-order valence-corrected chi connectivity index (χ2v) is 5.52. The quantitative estimate of drug-likeness (QED) is 0.849. The summed E-state index contributed by atoms with van der Waals surface area (Å²) in [5.74, 6) is 1.74. The molecule has 0 aliphatic heterocycles. The molecule has 0 saturated heterocycles. The minimum absolute atomic E-state index is 0.693. The Hall–Kier alpha value is -0.830. The van der Waals surface area contributed by atoms with Crippen LogP contribution in [0, 0.1) is 11.8 Å². The molecule has 1 aliphatic carbocycles. The molecule has 2 rings (SSSR count). The van der Waals surface area contributed by atoms with E-state index in [1.54, 1.807) is 0 Å². The molecule has 0 aromatic carbocycles. The molecule has 2 atom stereocenters. The van der Waals surface area contributed by atoms with Gasteiger partial charge >= 0.3 is 0 Å². The number of rotatable bonds is 3. The number of nitrogens with one attached hydrogen (secondary N) is 1. The number of hydrogen-bond donors (Lipinski definition) is 1. The first kappa shape index (κ1) is 11.6. The Morgan fingerprint density at radius 1 is 1.31 bits per heavy atom. The third kappa shape index (κ3) is 3.08. The first-order valence-electron chi connectivity index (χ1n) is 6.34. The highest BCUT2D eigenvalue weighted by atomic mass is 15.2. The van der Waals surface area contributed by atoms with E-state index in [1.807, 2.05) is 17.9 Å². The van der Waals surface area contributed by atoms with Gasteiger partial charge in [0, 0.05) is 31.4 Å². The maximum absolute atomic E-state index is 4.19. The standard InChI is InChI=1S/C13H23N3/c1-10-4-11(2)6-13(5-10)14-7-12-8-15-16(3)9-12/h8-11,13-14H,4-7H2,1-3H3. The second-order valence-electron chi connectivity index (χ2n) is 5.52. The van der Waals surface area contributed by atoms with Crippen LogP contribution >= 0.6 is 0 Å². The highest BCUT2D eigenvalue weighted by Gasteiger charge is 2.23. The molecule has 1 N–H and O–H groups in total. The van der Waals surface area contributed by atoms with E-state index in [0.29, 0.717) is 6.04 Å². The molecule has 0 amide bonds. The molecule has 1 saturated carbocycles. The van der Waals surface area contributed by atoms with Gasteiger partial charge in [0.2, 0.25) is 0 Å². The van der Waals surface area contributed by atoms with Crippen molar-refractivity contribution >= 4 is 0 Å². The summed E-state index contributed by atoms with van der Waals surface area (Å²) >= 11 is 0. The van der Waals surface area contributed by atoms with Gasteiger partial charge < -0.3 is 5.32 Å². The van der Waals surface area contributed by atoms with E-state index < -0.39 is 0 Å². The van der Waals surface area contributed by atoms with Crippen molar-refractivity contribution in [1.82, 2.24) is 15.1 Å². The lowest BCUT2D eigenvalue weighted by molar-refractivity contribution is 0.238. The van der Waals surface area contributed by atoms with E-state index in [4.69, 9.17) is 0 Å². The minimum Gasteiger partial charge on any atom is -0.310 e. The Balaban J connectivity index is 1.81. The van der Waals surface area contributed by atoms with Gasteiger partial charge in [-0.3, -0.25) is 4.68 Å². The highest BCUT2D eigenvalue weighted by molar-refractivity contribution is 5.03. The van der Waals surface area contributed by atoms with Gasteiger partial charge in [0.1, 0.15) is 0 Å². The van der Waals surface area contributed by atoms with Gasteiger partial charge in [-0.1, -0.05) is 13.8 Å². The zero-order valence-corrected chi connectivity index (χ0v) is 10.6. The van der Waals surface area contributed by atoms with Gasteiger partial charge in [0.15, 0.2) is 0 Å². The zero-order chi connectivity index (χ0) is 11.5. The fourth-order valence-corrected chi connectivity index (χ4v) is 2.94. The van der Waals surface area contributed by atoms with Crippen molar-refractivity contribution < 1.29 is 0 Å². The third-order valence-electron chi connectivity index (χ3n) is 3.53. The van der Waals surface area contributed by atoms with E-state index in [-0.39, 0.29) is 0 Å². The summed E-state index contributed by atoms with van der Waals surface area (Å²) in [5.41, 5.74) is 1.29. The van der Waals surface area contributed by atoms with Crippen molar-refractivity contribution in [3.8, 4) is 0 Å². The summed E-state index contributed by atoms with van der Waals surface area (Å²) in [4.78, 5) is 0. The van der Waals surface area contributed by atoms with Crippen molar-refractivity contribution in [2.45, 2.75) is 45.7 Å². The fraction of sp³-hybridized carbons (Fsp3) is 0.769. The van der Waals surface area contributed by atoms with E-state index in [0.717, 1.165) is 18.4 Å². The molecule has 3 nitrogen and oxygen atoms in total. The van der Waals surface area contributed by atoms with Crippen LogP contribution in [0.2, 0.25) is 0 Å². The highest BCUT2D eigenvalue weighted by Crippen LogP contribution is 2.28. The maximum Gasteiger partial charge on any atom is 0.0534 e.